The average molecular weight is 1070 g/mol. The minimum atomic E-state index is -4.56. The molecule has 1 heterocycles. The molecule has 5 rings (SSSR count). The first-order valence-corrected chi connectivity index (χ1v) is 25.2. The SMILES string of the molecule is CON(C)C(=O)Nc1ccc(Oc2ccc3c(c2)OC(C)(OC)CC3(C)C)cc1.C[C@H](OC(=O)c1cc(Oc2ccc(C(F)(F)F)cc2Cl)ccc1Cl)C(=O)O.C[S+](C)C.O=C(O)CNCP(=O)([O-])O. The molecule has 1 aliphatic heterocycles. The van der Waals surface area contributed by atoms with E-state index in [2.05, 4.69) is 37.9 Å². The number of alkyl halides is 3. The van der Waals surface area contributed by atoms with Crippen LogP contribution in [-0.4, -0.2) is 109 Å². The Hall–Kier alpha value is -5.29. The van der Waals surface area contributed by atoms with Crippen LogP contribution in [-0.2, 0) is 51.0 Å². The smallest absolute Gasteiger partial charge is 0.416 e. The minimum absolute atomic E-state index is 0.0246. The molecule has 4 aromatic carbocycles. The van der Waals surface area contributed by atoms with E-state index in [9.17, 15) is 41.8 Å². The minimum Gasteiger partial charge on any atom is -0.778 e. The van der Waals surface area contributed by atoms with Gasteiger partial charge >= 0.3 is 30.1 Å². The van der Waals surface area contributed by atoms with E-state index in [4.69, 9.17) is 66.8 Å². The number of benzene rings is 4. The molecular weight excluding hydrogens is 1010 g/mol. The number of aliphatic carboxylic acids is 2. The highest BCUT2D eigenvalue weighted by Gasteiger charge is 2.42. The predicted octanol–water partition coefficient (Wildman–Crippen LogP) is 9.02. The maximum absolute atomic E-state index is 12.7. The Morgan fingerprint density at radius 1 is 0.900 bits per heavy atom. The zero-order chi connectivity index (χ0) is 53.4. The van der Waals surface area contributed by atoms with Gasteiger partial charge in [-0.05, 0) is 90.0 Å². The van der Waals surface area contributed by atoms with Crippen LogP contribution in [0.3, 0.4) is 0 Å². The summed E-state index contributed by atoms with van der Waals surface area (Å²) < 4.78 is 75.7. The Labute approximate surface area is 415 Å². The highest BCUT2D eigenvalue weighted by atomic mass is 35.5. The number of halogens is 5. The first-order chi connectivity index (χ1) is 32.3. The Bertz CT molecular complexity index is 2460. The molecule has 70 heavy (non-hydrogen) atoms. The first kappa shape index (κ1) is 60.8. The molecule has 0 aromatic heterocycles. The summed E-state index contributed by atoms with van der Waals surface area (Å²) in [5.41, 5.74) is 0.567. The lowest BCUT2D eigenvalue weighted by Crippen LogP contribution is -2.45. The highest BCUT2D eigenvalue weighted by Crippen LogP contribution is 2.46. The molecule has 3 atom stereocenters. The zero-order valence-electron chi connectivity index (χ0n) is 39.6. The van der Waals surface area contributed by atoms with Crippen molar-refractivity contribution < 1.29 is 85.4 Å². The van der Waals surface area contributed by atoms with Gasteiger partial charge in [0.15, 0.2) is 6.10 Å². The summed E-state index contributed by atoms with van der Waals surface area (Å²) in [6, 6.07) is 18.9. The Morgan fingerprint density at radius 3 is 1.99 bits per heavy atom. The summed E-state index contributed by atoms with van der Waals surface area (Å²) in [6.07, 6.45) is 0.678. The van der Waals surface area contributed by atoms with E-state index >= 15 is 0 Å². The monoisotopic (exact) mass is 1070 g/mol. The molecule has 2 amide bonds. The van der Waals surface area contributed by atoms with Crippen LogP contribution in [0.25, 0.3) is 0 Å². The number of esters is 1. The van der Waals surface area contributed by atoms with Crippen molar-refractivity contribution in [3.8, 4) is 28.7 Å². The van der Waals surface area contributed by atoms with Crippen molar-refractivity contribution in [2.45, 2.75) is 57.6 Å². The van der Waals surface area contributed by atoms with E-state index in [-0.39, 0.29) is 38.6 Å². The summed E-state index contributed by atoms with van der Waals surface area (Å²) in [5, 5.41) is 22.3. The van der Waals surface area contributed by atoms with Crippen molar-refractivity contribution >= 4 is 71.3 Å². The number of carbonyl (C=O) groups excluding carboxylic acids is 2. The molecule has 0 radical (unpaired) electrons. The predicted molar refractivity (Wildman–Crippen MR) is 256 cm³/mol. The number of nitrogens with one attached hydrogen (secondary N) is 2. The number of rotatable bonds is 14. The number of hydrogen-bond acceptors (Lipinski definition) is 13. The van der Waals surface area contributed by atoms with E-state index in [0.29, 0.717) is 34.1 Å². The number of carboxylic acids is 2. The number of anilines is 1. The number of nitrogens with zero attached hydrogens (tertiary/aromatic N) is 1. The number of amides is 2. The fourth-order valence-electron chi connectivity index (χ4n) is 5.71. The van der Waals surface area contributed by atoms with Gasteiger partial charge in [-0.15, -0.1) is 0 Å². The second kappa shape index (κ2) is 26.8. The number of urea groups is 1. The van der Waals surface area contributed by atoms with E-state index in [0.717, 1.165) is 47.9 Å². The molecule has 4 aromatic rings. The molecule has 18 nitrogen and oxygen atoms in total. The molecule has 0 saturated carbocycles. The normalized spacial score (nSPS) is 15.7. The van der Waals surface area contributed by atoms with Gasteiger partial charge in [-0.2, -0.15) is 13.2 Å². The van der Waals surface area contributed by atoms with Gasteiger partial charge in [0, 0.05) is 44.8 Å². The van der Waals surface area contributed by atoms with Crippen LogP contribution in [0.2, 0.25) is 10.0 Å². The third kappa shape index (κ3) is 21.0. The van der Waals surface area contributed by atoms with Gasteiger partial charge in [-0.1, -0.05) is 43.1 Å². The molecule has 1 aliphatic rings. The van der Waals surface area contributed by atoms with E-state index in [1.807, 2.05) is 30.4 Å². The zero-order valence-corrected chi connectivity index (χ0v) is 42.9. The number of ether oxygens (including phenoxy) is 5. The second-order valence-electron chi connectivity index (χ2n) is 16.0. The number of fused-ring (bicyclic) bond motifs is 1. The van der Waals surface area contributed by atoms with E-state index in [1.54, 1.807) is 31.4 Å². The molecule has 386 valence electrons. The molecule has 0 aliphatic carbocycles. The number of carbonyl (C=O) groups is 4. The summed E-state index contributed by atoms with van der Waals surface area (Å²) in [6.45, 7) is 6.99. The number of hydrogen-bond donors (Lipinski definition) is 5. The number of hydroxylamine groups is 2. The summed E-state index contributed by atoms with van der Waals surface area (Å²) in [5.74, 6) is -2.17. The van der Waals surface area contributed by atoms with Crippen molar-refractivity contribution in [1.82, 2.24) is 10.4 Å². The second-order valence-corrected chi connectivity index (χ2v) is 20.9. The lowest BCUT2D eigenvalue weighted by molar-refractivity contribution is -0.193. The standard InChI is InChI=1S/C22H28N2O5.C17H11Cl2F3O5.C3H8NO5P.C3H9S/c1-21(2)14-22(3,26-5)29-19-13-17(11-12-18(19)21)28-16-9-7-15(8-10-16)23-20(25)24(4)27-6;1-8(15(23)24)26-16(25)11-7-10(3-4-12(11)18)27-14-5-2-9(6-13(14)19)17(20,21)22;5-3(6)1-4-2-10(7,8)9;1-4(2)3/h7-13H,14H2,1-6H3,(H,23,25);2-8H,1H3,(H,23,24);4H,1-2H2,(H,5,6)(H2,7,8,9);1-3H3/q;;;+1/p-1/t;8-;;/m.0../s1. The fraction of sp³-hybridized carbons (Fsp3) is 0.378. The van der Waals surface area contributed by atoms with Gasteiger partial charge in [-0.3, -0.25) is 14.9 Å². The first-order valence-electron chi connectivity index (χ1n) is 20.3. The maximum Gasteiger partial charge on any atom is 0.416 e. The molecule has 0 spiro atoms. The van der Waals surface area contributed by atoms with Crippen LogP contribution in [0, 0.1) is 0 Å². The number of methoxy groups -OCH3 is 1. The van der Waals surface area contributed by atoms with Gasteiger partial charge in [0.05, 0.1) is 59.9 Å². The Kier molecular flexibility index (Phi) is 23.3. The third-order valence-corrected chi connectivity index (χ3v) is 10.2. The Morgan fingerprint density at radius 2 is 1.47 bits per heavy atom. The molecule has 0 saturated heterocycles. The molecular formula is C45H55Cl2F3N3O15PS. The van der Waals surface area contributed by atoms with Crippen LogP contribution in [0.4, 0.5) is 23.7 Å². The molecule has 0 bridgehead atoms. The largest absolute Gasteiger partial charge is 0.778 e. The van der Waals surface area contributed by atoms with Gasteiger partial charge < -0.3 is 53.6 Å². The lowest BCUT2D eigenvalue weighted by Gasteiger charge is -2.43. The van der Waals surface area contributed by atoms with Crippen molar-refractivity contribution in [1.29, 1.82) is 0 Å². The van der Waals surface area contributed by atoms with Crippen LogP contribution < -0.4 is 29.7 Å². The van der Waals surface area contributed by atoms with Crippen molar-refractivity contribution in [2.75, 3.05) is 58.2 Å². The Balaban J connectivity index is 0.000000379. The van der Waals surface area contributed by atoms with Gasteiger partial charge in [0.2, 0.25) is 5.79 Å². The topological polar surface area (TPSA) is 252 Å². The van der Waals surface area contributed by atoms with E-state index < -0.39 is 62.0 Å². The lowest BCUT2D eigenvalue weighted by atomic mass is 9.76. The fourth-order valence-corrected chi connectivity index (χ4v) is 6.52. The summed E-state index contributed by atoms with van der Waals surface area (Å²) >= 11 is 11.7. The average Bonchev–Trinajstić information content (AvgIpc) is 3.24. The van der Waals surface area contributed by atoms with Crippen LogP contribution >= 0.6 is 30.8 Å². The van der Waals surface area contributed by atoms with Gasteiger partial charge in [0.1, 0.15) is 36.3 Å². The van der Waals surface area contributed by atoms with E-state index in [1.165, 1.54) is 26.3 Å². The molecule has 2 unspecified atom stereocenters. The van der Waals surface area contributed by atoms with Crippen LogP contribution in [0.1, 0.15) is 55.6 Å². The quantitative estimate of drug-likeness (QED) is 0.0342. The van der Waals surface area contributed by atoms with Crippen LogP contribution in [0.15, 0.2) is 78.9 Å². The third-order valence-electron chi connectivity index (χ3n) is 8.97. The summed E-state index contributed by atoms with van der Waals surface area (Å²) in [4.78, 5) is 67.2. The summed E-state index contributed by atoms with van der Waals surface area (Å²) in [7, 11) is 0.906. The maximum atomic E-state index is 12.7. The number of carboxylic acid groups (broad SMARTS) is 2. The molecule has 25 heteroatoms. The molecule has 5 N–H and O–H groups in total. The van der Waals surface area contributed by atoms with Crippen molar-refractivity contribution in [3.05, 3.63) is 106 Å². The van der Waals surface area contributed by atoms with Crippen molar-refractivity contribution in [2.24, 2.45) is 0 Å². The highest BCUT2D eigenvalue weighted by molar-refractivity contribution is 7.94. The van der Waals surface area contributed by atoms with Gasteiger partial charge in [0.25, 0.3) is 0 Å². The van der Waals surface area contributed by atoms with Gasteiger partial charge in [-0.25, -0.2) is 19.4 Å². The molecule has 0 fully saturated rings. The van der Waals surface area contributed by atoms with Crippen LogP contribution in [0.5, 0.6) is 28.7 Å². The van der Waals surface area contributed by atoms with Crippen molar-refractivity contribution in [3.63, 3.8) is 0 Å².